The van der Waals surface area contributed by atoms with E-state index in [-0.39, 0.29) is 12.2 Å². The van der Waals surface area contributed by atoms with Crippen LogP contribution in [0.15, 0.2) is 4.52 Å². The molecule has 0 saturated carbocycles. The first-order chi connectivity index (χ1) is 9.04. The Morgan fingerprint density at radius 1 is 1.53 bits per heavy atom. The van der Waals surface area contributed by atoms with E-state index < -0.39 is 6.03 Å². The number of primary amides is 1. The van der Waals surface area contributed by atoms with Gasteiger partial charge in [-0.3, -0.25) is 0 Å². The molecule has 8 nitrogen and oxygen atoms in total. The van der Waals surface area contributed by atoms with Crippen LogP contribution in [0.4, 0.5) is 4.79 Å². The highest BCUT2D eigenvalue weighted by Gasteiger charge is 2.30. The molecule has 1 aliphatic rings. The minimum atomic E-state index is -0.542. The highest BCUT2D eigenvalue weighted by molar-refractivity contribution is 5.71. The normalized spacial score (nSPS) is 22.9. The number of hydrogen-bond donors (Lipinski definition) is 2. The summed E-state index contributed by atoms with van der Waals surface area (Å²) in [5, 5.41) is 6.46. The van der Waals surface area contributed by atoms with Crippen LogP contribution in [-0.2, 0) is 11.3 Å². The van der Waals surface area contributed by atoms with E-state index in [9.17, 15) is 4.79 Å². The molecule has 3 N–H and O–H groups in total. The Morgan fingerprint density at radius 3 is 3.00 bits per heavy atom. The van der Waals surface area contributed by atoms with Crippen molar-refractivity contribution < 1.29 is 14.1 Å². The van der Waals surface area contributed by atoms with Gasteiger partial charge in [0.2, 0.25) is 11.7 Å². The van der Waals surface area contributed by atoms with Gasteiger partial charge in [-0.1, -0.05) is 5.16 Å². The lowest BCUT2D eigenvalue weighted by molar-refractivity contribution is 0.0402. The second-order valence-electron chi connectivity index (χ2n) is 4.85. The number of carbonyl (C=O) groups excluding carboxylic acids is 1. The average molecular weight is 269 g/mol. The number of rotatable bonds is 5. The first kappa shape index (κ1) is 13.8. The van der Waals surface area contributed by atoms with Crippen molar-refractivity contribution in [2.24, 2.45) is 5.73 Å². The van der Waals surface area contributed by atoms with Gasteiger partial charge in [-0.2, -0.15) is 4.98 Å². The van der Waals surface area contributed by atoms with Crippen LogP contribution >= 0.6 is 0 Å². The van der Waals surface area contributed by atoms with E-state index in [1.54, 1.807) is 0 Å². The zero-order valence-electron chi connectivity index (χ0n) is 11.1. The maximum absolute atomic E-state index is 10.6. The number of ether oxygens (including phenoxy) is 1. The predicted molar refractivity (Wildman–Crippen MR) is 66.1 cm³/mol. The van der Waals surface area contributed by atoms with Crippen LogP contribution in [0, 0.1) is 0 Å². The van der Waals surface area contributed by atoms with Crippen LogP contribution in [0.3, 0.4) is 0 Å². The predicted octanol–water partition coefficient (Wildman–Crippen LogP) is 0.0196. The summed E-state index contributed by atoms with van der Waals surface area (Å²) in [6, 6.07) is -0.542. The van der Waals surface area contributed by atoms with E-state index in [2.05, 4.69) is 15.5 Å². The molecule has 2 heterocycles. The molecule has 0 bridgehead atoms. The lowest BCUT2D eigenvalue weighted by Crippen LogP contribution is -2.35. The van der Waals surface area contributed by atoms with E-state index in [4.69, 9.17) is 15.0 Å². The number of amides is 2. The first-order valence-corrected chi connectivity index (χ1v) is 6.20. The van der Waals surface area contributed by atoms with Crippen LogP contribution in [-0.4, -0.2) is 47.8 Å². The molecule has 19 heavy (non-hydrogen) atoms. The van der Waals surface area contributed by atoms with Gasteiger partial charge in [-0.05, 0) is 26.9 Å². The highest BCUT2D eigenvalue weighted by atomic mass is 16.5. The van der Waals surface area contributed by atoms with Crippen LogP contribution in [0.25, 0.3) is 0 Å². The van der Waals surface area contributed by atoms with Gasteiger partial charge in [0.05, 0.1) is 12.6 Å². The Morgan fingerprint density at radius 2 is 2.32 bits per heavy atom. The van der Waals surface area contributed by atoms with Gasteiger partial charge in [0, 0.05) is 6.54 Å². The second kappa shape index (κ2) is 5.98. The monoisotopic (exact) mass is 269 g/mol. The minimum absolute atomic E-state index is 0.0479. The van der Waals surface area contributed by atoms with Gasteiger partial charge in [0.15, 0.2) is 0 Å². The Kier molecular flexibility index (Phi) is 4.33. The Hall–Kier alpha value is -1.67. The van der Waals surface area contributed by atoms with E-state index in [1.807, 2.05) is 19.0 Å². The molecule has 0 aliphatic carbocycles. The third kappa shape index (κ3) is 3.90. The van der Waals surface area contributed by atoms with Crippen LogP contribution in [0.1, 0.15) is 30.7 Å². The average Bonchev–Trinajstić information content (AvgIpc) is 2.93. The number of carbonyl (C=O) groups is 1. The molecule has 1 fully saturated rings. The maximum Gasteiger partial charge on any atom is 0.312 e. The van der Waals surface area contributed by atoms with E-state index in [1.165, 1.54) is 0 Å². The van der Waals surface area contributed by atoms with Crippen LogP contribution in [0.5, 0.6) is 0 Å². The number of aromatic nitrogens is 2. The SMILES string of the molecule is CN(C)Cc1nc(C2CCC(CNC(N)=O)O2)no1. The molecular weight excluding hydrogens is 250 g/mol. The second-order valence-corrected chi connectivity index (χ2v) is 4.85. The molecule has 8 heteroatoms. The molecule has 2 atom stereocenters. The fraction of sp³-hybridized carbons (Fsp3) is 0.727. The third-order valence-electron chi connectivity index (χ3n) is 2.83. The molecule has 2 rings (SSSR count). The third-order valence-corrected chi connectivity index (χ3v) is 2.83. The fourth-order valence-electron chi connectivity index (χ4n) is 1.99. The standard InChI is InChI=1S/C11H19N5O3/c1-16(2)6-9-14-10(15-19-9)8-4-3-7(18-8)5-13-11(12)17/h7-8H,3-6H2,1-2H3,(H3,12,13,17). The summed E-state index contributed by atoms with van der Waals surface area (Å²) in [5.74, 6) is 1.14. The van der Waals surface area contributed by atoms with Crippen molar-refractivity contribution in [3.8, 4) is 0 Å². The van der Waals surface area contributed by atoms with Gasteiger partial charge < -0.3 is 25.2 Å². The smallest absolute Gasteiger partial charge is 0.312 e. The summed E-state index contributed by atoms with van der Waals surface area (Å²) in [4.78, 5) is 16.9. The molecule has 1 aromatic rings. The Labute approximate surface area is 111 Å². The quantitative estimate of drug-likeness (QED) is 0.780. The van der Waals surface area contributed by atoms with E-state index in [0.717, 1.165) is 12.8 Å². The number of hydrogen-bond acceptors (Lipinski definition) is 6. The van der Waals surface area contributed by atoms with Gasteiger partial charge in [0.1, 0.15) is 6.10 Å². The molecule has 0 spiro atoms. The van der Waals surface area contributed by atoms with Gasteiger partial charge >= 0.3 is 6.03 Å². The van der Waals surface area contributed by atoms with Gasteiger partial charge in [0.25, 0.3) is 0 Å². The summed E-state index contributed by atoms with van der Waals surface area (Å²) < 4.78 is 10.9. The van der Waals surface area contributed by atoms with Gasteiger partial charge in [-0.15, -0.1) is 0 Å². The molecule has 2 amide bonds. The summed E-state index contributed by atoms with van der Waals surface area (Å²) in [6.45, 7) is 1.01. The first-order valence-electron chi connectivity index (χ1n) is 6.20. The fourth-order valence-corrected chi connectivity index (χ4v) is 1.99. The van der Waals surface area contributed by atoms with Crippen molar-refractivity contribution >= 4 is 6.03 Å². The Bertz CT molecular complexity index is 434. The van der Waals surface area contributed by atoms with Crippen LogP contribution < -0.4 is 11.1 Å². The molecule has 1 aromatic heterocycles. The zero-order chi connectivity index (χ0) is 13.8. The molecule has 2 unspecified atom stereocenters. The lowest BCUT2D eigenvalue weighted by atomic mass is 10.2. The Balaban J connectivity index is 1.86. The van der Waals surface area contributed by atoms with Crippen molar-refractivity contribution in [1.29, 1.82) is 0 Å². The number of urea groups is 1. The molecular formula is C11H19N5O3. The summed E-state index contributed by atoms with van der Waals surface area (Å²) in [6.07, 6.45) is 1.43. The van der Waals surface area contributed by atoms with Crippen LogP contribution in [0.2, 0.25) is 0 Å². The summed E-state index contributed by atoms with van der Waals surface area (Å²) >= 11 is 0. The molecule has 0 aromatic carbocycles. The van der Waals surface area contributed by atoms with Crippen molar-refractivity contribution in [2.75, 3.05) is 20.6 Å². The molecule has 1 aliphatic heterocycles. The van der Waals surface area contributed by atoms with Crippen molar-refractivity contribution in [3.63, 3.8) is 0 Å². The zero-order valence-corrected chi connectivity index (χ0v) is 11.1. The van der Waals surface area contributed by atoms with E-state index in [0.29, 0.717) is 24.8 Å². The minimum Gasteiger partial charge on any atom is -0.365 e. The summed E-state index contributed by atoms with van der Waals surface area (Å²) in [7, 11) is 3.86. The number of nitrogens with zero attached hydrogens (tertiary/aromatic N) is 3. The van der Waals surface area contributed by atoms with E-state index >= 15 is 0 Å². The number of nitrogens with one attached hydrogen (secondary N) is 1. The van der Waals surface area contributed by atoms with Crippen molar-refractivity contribution in [1.82, 2.24) is 20.4 Å². The molecule has 106 valence electrons. The van der Waals surface area contributed by atoms with Crippen molar-refractivity contribution in [2.45, 2.75) is 31.6 Å². The maximum atomic E-state index is 10.6. The summed E-state index contributed by atoms with van der Waals surface area (Å²) in [5.41, 5.74) is 5.02. The molecule has 0 radical (unpaired) electrons. The topological polar surface area (TPSA) is 107 Å². The highest BCUT2D eigenvalue weighted by Crippen LogP contribution is 2.30. The number of nitrogens with two attached hydrogens (primary N) is 1. The molecule has 1 saturated heterocycles. The van der Waals surface area contributed by atoms with Gasteiger partial charge in [-0.25, -0.2) is 4.79 Å². The lowest BCUT2D eigenvalue weighted by Gasteiger charge is -2.11. The van der Waals surface area contributed by atoms with Crippen molar-refractivity contribution in [3.05, 3.63) is 11.7 Å². The largest absolute Gasteiger partial charge is 0.365 e.